The van der Waals surface area contributed by atoms with E-state index in [9.17, 15) is 14.4 Å². The van der Waals surface area contributed by atoms with E-state index in [0.29, 0.717) is 43.2 Å². The molecule has 0 spiro atoms. The van der Waals surface area contributed by atoms with Gasteiger partial charge in [0.05, 0.1) is 23.5 Å². The molecule has 2 saturated heterocycles. The van der Waals surface area contributed by atoms with Crippen LogP contribution in [0.5, 0.6) is 11.6 Å². The lowest BCUT2D eigenvalue weighted by Crippen LogP contribution is -2.50. The fourth-order valence-electron chi connectivity index (χ4n) is 8.29. The molecule has 4 aliphatic rings. The van der Waals surface area contributed by atoms with Crippen LogP contribution in [0.2, 0.25) is 0 Å². The molecule has 4 aliphatic heterocycles. The third kappa shape index (κ3) is 7.36. The number of carbonyl (C=O) groups is 3. The van der Waals surface area contributed by atoms with E-state index >= 15 is 0 Å². The van der Waals surface area contributed by atoms with Gasteiger partial charge in [-0.1, -0.05) is 24.3 Å². The summed E-state index contributed by atoms with van der Waals surface area (Å²) in [7, 11) is 0. The Morgan fingerprint density at radius 2 is 1.93 bits per heavy atom. The number of hydrogen-bond acceptors (Lipinski definition) is 13. The number of benzene rings is 2. The molecule has 8 rings (SSSR count). The molecule has 6 heterocycles. The first-order chi connectivity index (χ1) is 26.7. The molecule has 15 heteroatoms. The van der Waals surface area contributed by atoms with Crippen LogP contribution >= 0.6 is 0 Å². The topological polar surface area (TPSA) is 171 Å². The quantitative estimate of drug-likeness (QED) is 0.143. The van der Waals surface area contributed by atoms with Crippen LogP contribution in [-0.4, -0.2) is 100 Å². The first-order valence-electron chi connectivity index (χ1n) is 18.8. The van der Waals surface area contributed by atoms with Crippen LogP contribution in [0.4, 0.5) is 17.2 Å². The van der Waals surface area contributed by atoms with Gasteiger partial charge in [-0.05, 0) is 61.7 Å². The van der Waals surface area contributed by atoms with Crippen LogP contribution in [0, 0.1) is 0 Å². The number of pyridine rings is 1. The summed E-state index contributed by atoms with van der Waals surface area (Å²) < 4.78 is 6.47. The fraction of sp³-hybridized carbons (Fsp3) is 0.400. The molecular weight excluding hydrogens is 701 g/mol. The van der Waals surface area contributed by atoms with Crippen molar-refractivity contribution in [1.82, 2.24) is 30.3 Å². The summed E-state index contributed by atoms with van der Waals surface area (Å²) in [6.45, 7) is 10.4. The molecule has 0 radical (unpaired) electrons. The number of fused-ring (bicyclic) bond motifs is 4. The van der Waals surface area contributed by atoms with Crippen molar-refractivity contribution in [1.29, 1.82) is 0 Å². The zero-order valence-corrected chi connectivity index (χ0v) is 31.1. The maximum Gasteiger partial charge on any atom is 0.254 e. The van der Waals surface area contributed by atoms with Gasteiger partial charge in [0.25, 0.3) is 5.91 Å². The number of piperazine rings is 1. The SMILES string of the molecule is CC(CCC(=O)NC=O)N1Cc2ccc(N3CCN(Cc4ccc(OC5CN6c7cc(-c8ccccc8ON)nnc7NCC6(C)C5)nc4)CC3)cc2C1=O. The highest BCUT2D eigenvalue weighted by atomic mass is 16.6. The maximum absolute atomic E-state index is 13.3. The fourth-order valence-corrected chi connectivity index (χ4v) is 8.29. The molecule has 3 unspecified atom stereocenters. The minimum Gasteiger partial charge on any atom is -0.472 e. The number of carbonyl (C=O) groups excluding carboxylic acids is 3. The monoisotopic (exact) mass is 746 g/mol. The molecule has 55 heavy (non-hydrogen) atoms. The van der Waals surface area contributed by atoms with Crippen molar-refractivity contribution in [2.45, 2.75) is 63.9 Å². The van der Waals surface area contributed by atoms with Crippen molar-refractivity contribution in [2.75, 3.05) is 54.4 Å². The van der Waals surface area contributed by atoms with Gasteiger partial charge < -0.3 is 29.6 Å². The molecule has 0 bridgehead atoms. The molecular formula is C40H46N10O5. The summed E-state index contributed by atoms with van der Waals surface area (Å²) in [6.07, 6.45) is 3.76. The minimum atomic E-state index is -0.334. The van der Waals surface area contributed by atoms with Crippen molar-refractivity contribution in [2.24, 2.45) is 5.90 Å². The minimum absolute atomic E-state index is 0.0102. The molecule has 286 valence electrons. The van der Waals surface area contributed by atoms with Crippen LogP contribution < -0.4 is 35.9 Å². The van der Waals surface area contributed by atoms with Crippen LogP contribution in [0.1, 0.15) is 54.6 Å². The number of ether oxygens (including phenoxy) is 1. The lowest BCUT2D eigenvalue weighted by Gasteiger charge is -2.41. The molecule has 2 aromatic carbocycles. The Kier molecular flexibility index (Phi) is 9.97. The average Bonchev–Trinajstić information content (AvgIpc) is 3.73. The summed E-state index contributed by atoms with van der Waals surface area (Å²) in [5.41, 5.74) is 6.17. The zero-order valence-electron chi connectivity index (χ0n) is 31.1. The van der Waals surface area contributed by atoms with E-state index in [-0.39, 0.29) is 35.9 Å². The number of nitrogens with one attached hydrogen (secondary N) is 2. The lowest BCUT2D eigenvalue weighted by atomic mass is 9.95. The van der Waals surface area contributed by atoms with Gasteiger partial charge in [0.2, 0.25) is 18.2 Å². The van der Waals surface area contributed by atoms with Gasteiger partial charge in [-0.2, -0.15) is 5.90 Å². The highest BCUT2D eigenvalue weighted by Crippen LogP contribution is 2.43. The molecule has 2 fully saturated rings. The van der Waals surface area contributed by atoms with Crippen molar-refractivity contribution >= 4 is 35.4 Å². The van der Waals surface area contributed by atoms with Gasteiger partial charge in [0.15, 0.2) is 11.6 Å². The van der Waals surface area contributed by atoms with Crippen molar-refractivity contribution < 1.29 is 24.0 Å². The second-order valence-corrected chi connectivity index (χ2v) is 15.1. The number of aromatic nitrogens is 3. The average molecular weight is 747 g/mol. The molecule has 3 amide bonds. The molecule has 0 saturated carbocycles. The number of imide groups is 1. The predicted octanol–water partition coefficient (Wildman–Crippen LogP) is 3.35. The predicted molar refractivity (Wildman–Crippen MR) is 207 cm³/mol. The van der Waals surface area contributed by atoms with E-state index in [1.165, 1.54) is 0 Å². The first kappa shape index (κ1) is 36.2. The number of rotatable bonds is 12. The van der Waals surface area contributed by atoms with Gasteiger partial charge in [-0.25, -0.2) is 4.98 Å². The Bertz CT molecular complexity index is 2070. The van der Waals surface area contributed by atoms with Gasteiger partial charge >= 0.3 is 0 Å². The molecule has 2 aromatic heterocycles. The van der Waals surface area contributed by atoms with E-state index in [1.807, 2.05) is 66.6 Å². The summed E-state index contributed by atoms with van der Waals surface area (Å²) in [5.74, 6) is 7.08. The highest BCUT2D eigenvalue weighted by molar-refractivity contribution is 5.99. The molecule has 4 aromatic rings. The van der Waals surface area contributed by atoms with E-state index < -0.39 is 0 Å². The lowest BCUT2D eigenvalue weighted by molar-refractivity contribution is -0.125. The number of anilines is 3. The Morgan fingerprint density at radius 1 is 1.09 bits per heavy atom. The van der Waals surface area contributed by atoms with Crippen LogP contribution in [0.15, 0.2) is 66.9 Å². The zero-order chi connectivity index (χ0) is 38.1. The summed E-state index contributed by atoms with van der Waals surface area (Å²) in [5, 5.41) is 14.6. The largest absolute Gasteiger partial charge is 0.472 e. The summed E-state index contributed by atoms with van der Waals surface area (Å²) in [6, 6.07) is 19.7. The Balaban J connectivity index is 0.836. The van der Waals surface area contributed by atoms with Crippen molar-refractivity contribution in [3.05, 3.63) is 83.6 Å². The molecule has 15 nitrogen and oxygen atoms in total. The number of hydrogen-bond donors (Lipinski definition) is 3. The maximum atomic E-state index is 13.3. The van der Waals surface area contributed by atoms with E-state index in [1.54, 1.807) is 0 Å². The second kappa shape index (κ2) is 15.1. The Morgan fingerprint density at radius 3 is 2.71 bits per heavy atom. The second-order valence-electron chi connectivity index (χ2n) is 15.1. The van der Waals surface area contributed by atoms with Gasteiger partial charge in [-0.15, -0.1) is 10.2 Å². The third-order valence-corrected chi connectivity index (χ3v) is 11.4. The standard InChI is InChI=1S/C40H46N10O5/c1-26(7-11-36(52)44-25-51)49-22-28-9-10-29(17-32(28)39(49)53)48-15-13-47(14-16-48)21-27-8-12-37(42-20-27)54-30-19-40(2)24-43-38-34(50(40)23-30)18-33(45-46-38)31-5-3-4-6-35(31)55-41/h3-6,8-10,12,17-18,20,25-26,30H,7,11,13-16,19,21-24,41H2,1-2H3,(H,43,46)(H,44,51,52). The van der Waals surface area contributed by atoms with Crippen LogP contribution in [0.25, 0.3) is 11.3 Å². The Hall–Kier alpha value is -5.80. The number of nitrogens with two attached hydrogens (primary N) is 1. The van der Waals surface area contributed by atoms with E-state index in [0.717, 1.165) is 85.1 Å². The van der Waals surface area contributed by atoms with Gasteiger partial charge in [-0.3, -0.25) is 24.6 Å². The van der Waals surface area contributed by atoms with Crippen LogP contribution in [-0.2, 0) is 22.7 Å². The number of amides is 3. The number of para-hydroxylation sites is 1. The summed E-state index contributed by atoms with van der Waals surface area (Å²) in [4.78, 5) is 54.3. The van der Waals surface area contributed by atoms with Crippen molar-refractivity contribution in [3.8, 4) is 22.9 Å². The van der Waals surface area contributed by atoms with Gasteiger partial charge in [0, 0.05) is 93.8 Å². The van der Waals surface area contributed by atoms with Crippen molar-refractivity contribution in [3.63, 3.8) is 0 Å². The smallest absolute Gasteiger partial charge is 0.254 e. The number of nitrogens with zero attached hydrogens (tertiary/aromatic N) is 7. The molecule has 3 atom stereocenters. The van der Waals surface area contributed by atoms with Crippen LogP contribution in [0.3, 0.4) is 0 Å². The van der Waals surface area contributed by atoms with Gasteiger partial charge in [0.1, 0.15) is 6.10 Å². The highest BCUT2D eigenvalue weighted by Gasteiger charge is 2.47. The van der Waals surface area contributed by atoms with E-state index in [2.05, 4.69) is 54.6 Å². The third-order valence-electron chi connectivity index (χ3n) is 11.4. The molecule has 4 N–H and O–H groups in total. The Labute approximate surface area is 319 Å². The van der Waals surface area contributed by atoms with E-state index in [4.69, 9.17) is 20.5 Å². The normalized spacial score (nSPS) is 21.0. The first-order valence-corrected chi connectivity index (χ1v) is 18.8. The summed E-state index contributed by atoms with van der Waals surface area (Å²) >= 11 is 0. The molecule has 0 aliphatic carbocycles.